The van der Waals surface area contributed by atoms with Gasteiger partial charge in [0.05, 0.1) is 25.9 Å². The Morgan fingerprint density at radius 2 is 1.96 bits per heavy atom. The molecule has 0 spiro atoms. The van der Waals surface area contributed by atoms with E-state index in [2.05, 4.69) is 9.62 Å². The number of aliphatic hydroxyl groups excluding tert-OH is 2. The molecule has 1 aliphatic heterocycles. The van der Waals surface area contributed by atoms with Crippen LogP contribution in [0.1, 0.15) is 12.5 Å². The zero-order chi connectivity index (χ0) is 19.2. The summed E-state index contributed by atoms with van der Waals surface area (Å²) in [6.07, 6.45) is -1.22. The van der Waals surface area contributed by atoms with E-state index in [0.29, 0.717) is 24.4 Å². The van der Waals surface area contributed by atoms with Crippen molar-refractivity contribution in [2.45, 2.75) is 13.0 Å². The third-order valence-corrected chi connectivity index (χ3v) is 5.59. The van der Waals surface area contributed by atoms with Gasteiger partial charge in [-0.25, -0.2) is 13.1 Å². The fraction of sp³-hybridized carbons (Fsp3) is 0.471. The zero-order valence-corrected chi connectivity index (χ0v) is 15.4. The van der Waals surface area contributed by atoms with Gasteiger partial charge >= 0.3 is 0 Å². The lowest BCUT2D eigenvalue weighted by atomic mass is 10.1. The lowest BCUT2D eigenvalue weighted by Crippen LogP contribution is -2.36. The van der Waals surface area contributed by atoms with Crippen molar-refractivity contribution in [2.24, 2.45) is 0 Å². The van der Waals surface area contributed by atoms with E-state index in [0.717, 1.165) is 18.8 Å². The van der Waals surface area contributed by atoms with Gasteiger partial charge in [-0.05, 0) is 30.2 Å². The molecule has 3 N–H and O–H groups in total. The van der Waals surface area contributed by atoms with Crippen LogP contribution in [0.5, 0.6) is 0 Å². The Hall–Kier alpha value is -1.96. The van der Waals surface area contributed by atoms with E-state index < -0.39 is 27.6 Å². The highest BCUT2D eigenvalue weighted by atomic mass is 32.2. The maximum absolute atomic E-state index is 12.3. The number of anilines is 1. The summed E-state index contributed by atoms with van der Waals surface area (Å²) in [5.74, 6) is 0. The van der Waals surface area contributed by atoms with Gasteiger partial charge in [0.2, 0.25) is 0 Å². The largest absolute Gasteiger partial charge is 0.394 e. The number of hydrogen-bond acceptors (Lipinski definition) is 7. The molecule has 1 saturated heterocycles. The molecule has 0 radical (unpaired) electrons. The fourth-order valence-electron chi connectivity index (χ4n) is 2.56. The number of nitriles is 1. The number of morpholine rings is 1. The predicted molar refractivity (Wildman–Crippen MR) is 97.7 cm³/mol. The minimum Gasteiger partial charge on any atom is -0.394 e. The predicted octanol–water partition coefficient (Wildman–Crippen LogP) is 0.0504. The highest BCUT2D eigenvalue weighted by Crippen LogP contribution is 2.24. The van der Waals surface area contributed by atoms with Gasteiger partial charge in [0, 0.05) is 25.3 Å². The van der Waals surface area contributed by atoms with Crippen LogP contribution in [0.3, 0.4) is 0 Å². The van der Waals surface area contributed by atoms with Gasteiger partial charge < -0.3 is 19.8 Å². The lowest BCUT2D eigenvalue weighted by Gasteiger charge is -2.29. The smallest absolute Gasteiger partial charge is 0.251 e. The maximum atomic E-state index is 12.3. The van der Waals surface area contributed by atoms with Gasteiger partial charge in [0.15, 0.2) is 4.91 Å². The minimum absolute atomic E-state index is 0.312. The third-order valence-electron chi connectivity index (χ3n) is 4.11. The van der Waals surface area contributed by atoms with Crippen molar-refractivity contribution in [3.05, 3.63) is 34.7 Å². The van der Waals surface area contributed by atoms with Gasteiger partial charge in [-0.1, -0.05) is 12.1 Å². The summed E-state index contributed by atoms with van der Waals surface area (Å²) in [4.78, 5) is 1.76. The molecule has 1 fully saturated rings. The van der Waals surface area contributed by atoms with Gasteiger partial charge in [0.25, 0.3) is 10.0 Å². The number of hydrogen-bond donors (Lipinski definition) is 3. The molecular formula is C17H23N3O5S. The van der Waals surface area contributed by atoms with Crippen molar-refractivity contribution in [1.29, 1.82) is 5.26 Å². The Kier molecular flexibility index (Phi) is 7.14. The molecule has 142 valence electrons. The number of nitrogens with one attached hydrogen (secondary N) is 1. The molecule has 2 rings (SSSR count). The summed E-state index contributed by atoms with van der Waals surface area (Å²) in [5, 5.41) is 27.4. The number of ether oxygens (including phenoxy) is 1. The average Bonchev–Trinajstić information content (AvgIpc) is 2.67. The highest BCUT2D eigenvalue weighted by molar-refractivity contribution is 7.93. The van der Waals surface area contributed by atoms with E-state index in [1.165, 1.54) is 0 Å². The molecular weight excluding hydrogens is 358 g/mol. The Balaban J connectivity index is 2.22. The summed E-state index contributed by atoms with van der Waals surface area (Å²) < 4.78 is 32.1. The van der Waals surface area contributed by atoms with E-state index >= 15 is 0 Å². The van der Waals surface area contributed by atoms with Crippen molar-refractivity contribution < 1.29 is 23.4 Å². The summed E-state index contributed by atoms with van der Waals surface area (Å²) >= 11 is 0. The van der Waals surface area contributed by atoms with Crippen LogP contribution in [0.4, 0.5) is 5.69 Å². The van der Waals surface area contributed by atoms with Crippen LogP contribution in [-0.4, -0.2) is 64.2 Å². The molecule has 0 aliphatic carbocycles. The van der Waals surface area contributed by atoms with Crippen LogP contribution in [-0.2, 0) is 14.8 Å². The molecule has 0 amide bonds. The van der Waals surface area contributed by atoms with Crippen LogP contribution in [0.2, 0.25) is 0 Å². The van der Waals surface area contributed by atoms with E-state index in [4.69, 9.17) is 9.84 Å². The minimum atomic E-state index is -4.09. The Labute approximate surface area is 153 Å². The average molecular weight is 381 g/mol. The standard InChI is InChI=1S/C17H23N3O5S/c1-13(17(10-18)26(23,24)19-11-16(22)12-21)14-2-4-15(5-3-14)20-6-8-25-9-7-20/h2-5,16,19,21-22H,6-9,11-12H2,1H3. The first kappa shape index (κ1) is 20.4. The first-order valence-corrected chi connectivity index (χ1v) is 9.70. The third kappa shape index (κ3) is 5.03. The molecule has 1 aliphatic rings. The SMILES string of the molecule is CC(=C(C#N)S(=O)(=O)NCC(O)CO)c1ccc(N2CCOCC2)cc1. The number of sulfonamides is 1. The van der Waals surface area contributed by atoms with Gasteiger partial charge in [0.1, 0.15) is 6.07 Å². The molecule has 1 heterocycles. The topological polar surface area (TPSA) is 123 Å². The van der Waals surface area contributed by atoms with Crippen LogP contribution < -0.4 is 9.62 Å². The summed E-state index contributed by atoms with van der Waals surface area (Å²) in [6, 6.07) is 9.03. The molecule has 9 heteroatoms. The zero-order valence-electron chi connectivity index (χ0n) is 14.6. The Morgan fingerprint density at radius 3 is 2.50 bits per heavy atom. The van der Waals surface area contributed by atoms with Crippen LogP contribution >= 0.6 is 0 Å². The second-order valence-corrected chi connectivity index (χ2v) is 7.60. The van der Waals surface area contributed by atoms with Crippen LogP contribution in [0.15, 0.2) is 29.2 Å². The molecule has 0 bridgehead atoms. The second-order valence-electron chi connectivity index (χ2n) is 5.90. The molecule has 1 aromatic rings. The summed E-state index contributed by atoms with van der Waals surface area (Å²) in [7, 11) is -4.09. The molecule has 1 unspecified atom stereocenters. The van der Waals surface area contributed by atoms with Gasteiger partial charge in [-0.15, -0.1) is 0 Å². The van der Waals surface area contributed by atoms with Crippen molar-refractivity contribution in [3.8, 4) is 6.07 Å². The normalized spacial score (nSPS) is 17.4. The number of nitrogens with zero attached hydrogens (tertiary/aromatic N) is 2. The van der Waals surface area contributed by atoms with Crippen molar-refractivity contribution >= 4 is 21.3 Å². The van der Waals surface area contributed by atoms with Crippen molar-refractivity contribution in [1.82, 2.24) is 4.72 Å². The monoisotopic (exact) mass is 381 g/mol. The van der Waals surface area contributed by atoms with E-state index in [1.54, 1.807) is 25.1 Å². The first-order chi connectivity index (χ1) is 12.4. The second kappa shape index (κ2) is 9.12. The number of aliphatic hydroxyl groups is 2. The van der Waals surface area contributed by atoms with Crippen molar-refractivity contribution in [3.63, 3.8) is 0 Å². The Bertz CT molecular complexity index is 778. The van der Waals surface area contributed by atoms with Gasteiger partial charge in [-0.3, -0.25) is 0 Å². The molecule has 0 aromatic heterocycles. The summed E-state index contributed by atoms with van der Waals surface area (Å²) in [6.45, 7) is 3.55. The molecule has 0 saturated carbocycles. The van der Waals surface area contributed by atoms with E-state index in [1.807, 2.05) is 12.1 Å². The van der Waals surface area contributed by atoms with Crippen LogP contribution in [0, 0.1) is 11.3 Å². The number of allylic oxidation sites excluding steroid dienone is 2. The quantitative estimate of drug-likeness (QED) is 0.570. The lowest BCUT2D eigenvalue weighted by molar-refractivity contribution is 0.0989. The van der Waals surface area contributed by atoms with Crippen LogP contribution in [0.25, 0.3) is 5.57 Å². The highest BCUT2D eigenvalue weighted by Gasteiger charge is 2.22. The maximum Gasteiger partial charge on any atom is 0.251 e. The van der Waals surface area contributed by atoms with E-state index in [-0.39, 0.29) is 6.54 Å². The fourth-order valence-corrected chi connectivity index (χ4v) is 3.76. The Morgan fingerprint density at radius 1 is 1.35 bits per heavy atom. The molecule has 1 atom stereocenters. The molecule has 8 nitrogen and oxygen atoms in total. The molecule has 1 aromatic carbocycles. The summed E-state index contributed by atoms with van der Waals surface area (Å²) in [5.41, 5.74) is 1.94. The van der Waals surface area contributed by atoms with Gasteiger partial charge in [-0.2, -0.15) is 5.26 Å². The first-order valence-electron chi connectivity index (χ1n) is 8.21. The van der Waals surface area contributed by atoms with E-state index in [9.17, 15) is 18.8 Å². The van der Waals surface area contributed by atoms with Crippen molar-refractivity contribution in [2.75, 3.05) is 44.4 Å². The number of benzene rings is 1. The molecule has 26 heavy (non-hydrogen) atoms. The number of rotatable bonds is 7.